The van der Waals surface area contributed by atoms with E-state index in [1.165, 1.54) is 18.1 Å². The fraction of sp³-hybridized carbons (Fsp3) is 0.594. The Labute approximate surface area is 255 Å². The van der Waals surface area contributed by atoms with Crippen LogP contribution in [0.5, 0.6) is 5.75 Å². The lowest BCUT2D eigenvalue weighted by Gasteiger charge is -2.43. The molecule has 1 aromatic heterocycles. The lowest BCUT2D eigenvalue weighted by atomic mass is 9.74. The molecule has 4 heterocycles. The van der Waals surface area contributed by atoms with Crippen LogP contribution >= 0.6 is 0 Å². The second-order valence-electron chi connectivity index (χ2n) is 12.7. The van der Waals surface area contributed by atoms with Gasteiger partial charge in [-0.1, -0.05) is 6.07 Å². The maximum Gasteiger partial charge on any atom is 0.251 e. The van der Waals surface area contributed by atoms with Crippen molar-refractivity contribution in [2.75, 3.05) is 26.7 Å². The number of carbonyl (C=O) groups excluding carboxylic acids is 2. The number of aromatic nitrogens is 1. The summed E-state index contributed by atoms with van der Waals surface area (Å²) in [7, 11) is 1.47. The molecule has 4 aliphatic rings. The topological polar surface area (TPSA) is 98.8 Å². The van der Waals surface area contributed by atoms with E-state index in [1.54, 1.807) is 24.5 Å². The van der Waals surface area contributed by atoms with E-state index >= 15 is 4.39 Å². The first-order valence-corrected chi connectivity index (χ1v) is 15.7. The predicted molar refractivity (Wildman–Crippen MR) is 157 cm³/mol. The quantitative estimate of drug-likeness (QED) is 0.439. The Hall–Kier alpha value is -3.22. The van der Waals surface area contributed by atoms with Gasteiger partial charge in [-0.3, -0.25) is 24.9 Å². The summed E-state index contributed by atoms with van der Waals surface area (Å²) in [6, 6.07) is 8.15. The third kappa shape index (κ3) is 6.57. The second kappa shape index (κ2) is 13.0. The third-order valence-corrected chi connectivity index (χ3v) is 9.97. The lowest BCUT2D eigenvalue weighted by molar-refractivity contribution is -0.145. The Morgan fingerprint density at radius 2 is 1.84 bits per heavy atom. The molecule has 1 aliphatic carbocycles. The van der Waals surface area contributed by atoms with Crippen LogP contribution in [0.4, 0.5) is 13.2 Å². The maximum atomic E-state index is 15.0. The summed E-state index contributed by atoms with van der Waals surface area (Å²) in [5, 5.41) is 3.25. The summed E-state index contributed by atoms with van der Waals surface area (Å²) in [6.07, 6.45) is 6.24. The molecule has 3 saturated heterocycles. The first kappa shape index (κ1) is 30.8. The summed E-state index contributed by atoms with van der Waals surface area (Å²) >= 11 is 0. The van der Waals surface area contributed by atoms with E-state index in [4.69, 9.17) is 4.74 Å². The van der Waals surface area contributed by atoms with Crippen LogP contribution in [-0.2, 0) is 16.1 Å². The highest BCUT2D eigenvalue weighted by Crippen LogP contribution is 2.40. The van der Waals surface area contributed by atoms with Crippen LogP contribution in [-0.4, -0.2) is 77.4 Å². The molecule has 6 atom stereocenters. The van der Waals surface area contributed by atoms with E-state index in [-0.39, 0.29) is 68.2 Å². The van der Waals surface area contributed by atoms with Crippen LogP contribution in [0.15, 0.2) is 42.7 Å². The van der Waals surface area contributed by atoms with Gasteiger partial charge >= 0.3 is 0 Å². The van der Waals surface area contributed by atoms with Crippen molar-refractivity contribution in [1.29, 1.82) is 0 Å². The molecule has 4 unspecified atom stereocenters. The van der Waals surface area contributed by atoms with Gasteiger partial charge in [0.1, 0.15) is 11.6 Å². The van der Waals surface area contributed by atoms with Crippen LogP contribution in [0, 0.1) is 17.7 Å². The zero-order chi connectivity index (χ0) is 30.8. The van der Waals surface area contributed by atoms with Crippen molar-refractivity contribution in [3.63, 3.8) is 0 Å². The first-order valence-electron chi connectivity index (χ1n) is 15.7. The molecule has 238 valence electrons. The molecule has 2 aromatic rings. The minimum Gasteiger partial charge on any atom is -0.496 e. The number of nitrogens with zero attached hydrogens (tertiary/aromatic N) is 3. The Bertz CT molecular complexity index is 1320. The average molecular weight is 615 g/mol. The fourth-order valence-electron chi connectivity index (χ4n) is 7.48. The standard InChI is InChI=1S/C32H41F3N6O3/c1-44-28-4-2-3-25(33)24(28)19-41-18-22(6-8-27(41)31(43)40-15-11-32(34,35)12-16-40)37-30(42)21-5-7-26-23(17-21)29(39-38-26)20-9-13-36-14-10-20/h2-4,9-10,13-14,21-23,26-27,29,38-39H,5-8,11-12,15-19H2,1H3,(H,37,42)/t21?,22-,23?,26?,27+,29?/m1/s1. The number of methoxy groups -OCH3 is 1. The van der Waals surface area contributed by atoms with Gasteiger partial charge in [0.05, 0.1) is 19.2 Å². The number of rotatable bonds is 7. The molecule has 44 heavy (non-hydrogen) atoms. The number of pyridine rings is 1. The van der Waals surface area contributed by atoms with Crippen molar-refractivity contribution in [2.24, 2.45) is 11.8 Å². The molecular weight excluding hydrogens is 573 g/mol. The van der Waals surface area contributed by atoms with E-state index in [0.717, 1.165) is 24.8 Å². The van der Waals surface area contributed by atoms with Crippen LogP contribution in [0.2, 0.25) is 0 Å². The minimum atomic E-state index is -2.76. The summed E-state index contributed by atoms with van der Waals surface area (Å²) in [4.78, 5) is 34.8. The van der Waals surface area contributed by atoms with Crippen molar-refractivity contribution in [3.8, 4) is 5.75 Å². The van der Waals surface area contributed by atoms with Crippen LogP contribution in [0.25, 0.3) is 0 Å². The molecule has 0 spiro atoms. The van der Waals surface area contributed by atoms with Gasteiger partial charge in [-0.05, 0) is 67.9 Å². The van der Waals surface area contributed by atoms with E-state index in [1.807, 2.05) is 17.0 Å². The summed E-state index contributed by atoms with van der Waals surface area (Å²) < 4.78 is 48.1. The van der Waals surface area contributed by atoms with Crippen molar-refractivity contribution < 1.29 is 27.5 Å². The van der Waals surface area contributed by atoms with Gasteiger partial charge < -0.3 is 15.0 Å². The normalized spacial score (nSPS) is 30.4. The number of hydrazine groups is 1. The Morgan fingerprint density at radius 3 is 2.59 bits per heavy atom. The third-order valence-electron chi connectivity index (χ3n) is 9.97. The lowest BCUT2D eigenvalue weighted by Crippen LogP contribution is -2.58. The monoisotopic (exact) mass is 614 g/mol. The highest BCUT2D eigenvalue weighted by Gasteiger charge is 2.44. The molecule has 1 aromatic carbocycles. The number of benzene rings is 1. The number of ether oxygens (including phenoxy) is 1. The number of nitrogens with one attached hydrogen (secondary N) is 3. The van der Waals surface area contributed by atoms with Gasteiger partial charge in [0, 0.05) is 75.0 Å². The van der Waals surface area contributed by atoms with Crippen molar-refractivity contribution in [3.05, 3.63) is 59.7 Å². The number of halogens is 3. The van der Waals surface area contributed by atoms with Gasteiger partial charge in [0.25, 0.3) is 5.92 Å². The molecule has 3 N–H and O–H groups in total. The number of likely N-dealkylation sites (tertiary alicyclic amines) is 2. The number of alkyl halides is 2. The number of hydrogen-bond donors (Lipinski definition) is 3. The molecule has 4 fully saturated rings. The van der Waals surface area contributed by atoms with E-state index in [2.05, 4.69) is 21.2 Å². The van der Waals surface area contributed by atoms with E-state index in [9.17, 15) is 18.4 Å². The zero-order valence-corrected chi connectivity index (χ0v) is 25.0. The van der Waals surface area contributed by atoms with Gasteiger partial charge in [-0.25, -0.2) is 18.6 Å². The number of hydrogen-bond acceptors (Lipinski definition) is 7. The van der Waals surface area contributed by atoms with Gasteiger partial charge in [-0.15, -0.1) is 0 Å². The van der Waals surface area contributed by atoms with Crippen molar-refractivity contribution >= 4 is 11.8 Å². The van der Waals surface area contributed by atoms with Crippen molar-refractivity contribution in [2.45, 2.75) is 81.6 Å². The van der Waals surface area contributed by atoms with Crippen LogP contribution < -0.4 is 20.9 Å². The molecule has 0 radical (unpaired) electrons. The zero-order valence-electron chi connectivity index (χ0n) is 25.0. The number of amides is 2. The molecule has 2 amide bonds. The molecule has 9 nitrogen and oxygen atoms in total. The Morgan fingerprint density at radius 1 is 1.07 bits per heavy atom. The second-order valence-corrected chi connectivity index (χ2v) is 12.7. The largest absolute Gasteiger partial charge is 0.496 e. The summed E-state index contributed by atoms with van der Waals surface area (Å²) in [6.45, 7) is 0.423. The number of piperidine rings is 2. The van der Waals surface area contributed by atoms with Crippen LogP contribution in [0.1, 0.15) is 62.1 Å². The first-order chi connectivity index (χ1) is 21.2. The van der Waals surface area contributed by atoms with Gasteiger partial charge in [0.2, 0.25) is 11.8 Å². The van der Waals surface area contributed by atoms with Crippen LogP contribution in [0.3, 0.4) is 0 Å². The molecule has 0 bridgehead atoms. The fourth-order valence-corrected chi connectivity index (χ4v) is 7.48. The van der Waals surface area contributed by atoms with E-state index < -0.39 is 17.8 Å². The van der Waals surface area contributed by atoms with Gasteiger partial charge in [0.15, 0.2) is 0 Å². The molecular formula is C32H41F3N6O3. The SMILES string of the molecule is COc1cccc(F)c1CN1C[C@H](NC(=O)C2CCC3NNC(c4ccncc4)C3C2)CC[C@H]1C(=O)N1CCC(F)(F)CC1. The smallest absolute Gasteiger partial charge is 0.251 e. The Kier molecular flexibility index (Phi) is 9.11. The molecule has 1 saturated carbocycles. The number of carbonyl (C=O) groups is 2. The highest BCUT2D eigenvalue weighted by molar-refractivity contribution is 5.82. The predicted octanol–water partition coefficient (Wildman–Crippen LogP) is 3.57. The average Bonchev–Trinajstić information content (AvgIpc) is 3.46. The van der Waals surface area contributed by atoms with Gasteiger partial charge in [-0.2, -0.15) is 0 Å². The number of fused-ring (bicyclic) bond motifs is 1. The highest BCUT2D eigenvalue weighted by atomic mass is 19.3. The maximum absolute atomic E-state index is 15.0. The summed E-state index contributed by atoms with van der Waals surface area (Å²) in [5.74, 6) is -2.93. The Balaban J connectivity index is 1.14. The van der Waals surface area contributed by atoms with E-state index in [0.29, 0.717) is 36.7 Å². The molecule has 6 rings (SSSR count). The summed E-state index contributed by atoms with van der Waals surface area (Å²) in [5.41, 5.74) is 8.29. The molecule has 3 aliphatic heterocycles. The van der Waals surface area contributed by atoms with Crippen molar-refractivity contribution in [1.82, 2.24) is 31.0 Å². The molecule has 12 heteroatoms. The minimum absolute atomic E-state index is 0.000268.